The summed E-state index contributed by atoms with van der Waals surface area (Å²) in [5.41, 5.74) is 0. The van der Waals surface area contributed by atoms with Gasteiger partial charge in [-0.25, -0.2) is 0 Å². The molecule has 0 radical (unpaired) electrons. The lowest BCUT2D eigenvalue weighted by atomic mass is 10.2. The highest BCUT2D eigenvalue weighted by Gasteiger charge is 2.31. The van der Waals surface area contributed by atoms with E-state index in [0.717, 1.165) is 38.6 Å². The average molecular weight is 283 g/mol. The maximum absolute atomic E-state index is 11.8. The van der Waals surface area contributed by atoms with Crippen LogP contribution in [0.5, 0.6) is 0 Å². The fourth-order valence-corrected chi connectivity index (χ4v) is 2.90. The molecule has 2 aliphatic rings. The lowest BCUT2D eigenvalue weighted by Gasteiger charge is -2.35. The number of carbonyl (C=O) groups excluding carboxylic acids is 1. The number of carbonyl (C=O) groups is 1. The van der Waals surface area contributed by atoms with Crippen LogP contribution in [0.15, 0.2) is 0 Å². The first kappa shape index (κ1) is 15.7. The van der Waals surface area contributed by atoms with Gasteiger partial charge in [0.15, 0.2) is 0 Å². The summed E-state index contributed by atoms with van der Waals surface area (Å²) >= 11 is 0. The summed E-state index contributed by atoms with van der Waals surface area (Å²) in [6.07, 6.45) is 3.63. The van der Waals surface area contributed by atoms with Crippen LogP contribution < -0.4 is 5.32 Å². The zero-order valence-corrected chi connectivity index (χ0v) is 12.9. The van der Waals surface area contributed by atoms with Crippen LogP contribution in [0.25, 0.3) is 0 Å². The molecular formula is C15H29N3O2. The Labute approximate surface area is 122 Å². The maximum atomic E-state index is 11.8. The van der Waals surface area contributed by atoms with E-state index in [0.29, 0.717) is 6.61 Å². The molecule has 1 aliphatic carbocycles. The van der Waals surface area contributed by atoms with Crippen LogP contribution in [0.3, 0.4) is 0 Å². The van der Waals surface area contributed by atoms with E-state index in [-0.39, 0.29) is 12.0 Å². The van der Waals surface area contributed by atoms with Crippen LogP contribution in [0.2, 0.25) is 0 Å². The molecule has 2 rings (SSSR count). The Hall–Kier alpha value is -0.650. The number of ether oxygens (including phenoxy) is 1. The first-order valence-corrected chi connectivity index (χ1v) is 8.11. The molecule has 20 heavy (non-hydrogen) atoms. The fraction of sp³-hybridized carbons (Fsp3) is 0.933. The van der Waals surface area contributed by atoms with E-state index in [1.54, 1.807) is 0 Å². The molecule has 0 aromatic rings. The number of rotatable bonds is 8. The van der Waals surface area contributed by atoms with Crippen LogP contribution >= 0.6 is 0 Å². The van der Waals surface area contributed by atoms with E-state index in [1.807, 2.05) is 13.8 Å². The van der Waals surface area contributed by atoms with Crippen molar-refractivity contribution in [2.24, 2.45) is 0 Å². The first-order chi connectivity index (χ1) is 9.74. The van der Waals surface area contributed by atoms with Gasteiger partial charge in [0.2, 0.25) is 0 Å². The number of esters is 1. The molecule has 2 fully saturated rings. The Morgan fingerprint density at radius 3 is 2.50 bits per heavy atom. The standard InChI is InChI=1S/C15H29N3O2/c1-3-16-14(15(19)20-4-2)7-8-17-9-11-18(12-10-17)13-5-6-13/h13-14,16H,3-12H2,1-2H3. The van der Waals surface area contributed by atoms with Gasteiger partial charge in [-0.1, -0.05) is 6.92 Å². The zero-order valence-electron chi connectivity index (χ0n) is 12.9. The van der Waals surface area contributed by atoms with Crippen molar-refractivity contribution in [2.75, 3.05) is 45.9 Å². The molecule has 0 aromatic carbocycles. The van der Waals surface area contributed by atoms with E-state index in [2.05, 4.69) is 15.1 Å². The van der Waals surface area contributed by atoms with Gasteiger partial charge in [0.25, 0.3) is 0 Å². The normalized spacial score (nSPS) is 22.7. The number of piperazine rings is 1. The second kappa shape index (κ2) is 7.96. The minimum atomic E-state index is -0.151. The number of likely N-dealkylation sites (N-methyl/N-ethyl adjacent to an activating group) is 1. The molecule has 1 unspecified atom stereocenters. The molecule has 1 N–H and O–H groups in total. The predicted molar refractivity (Wildman–Crippen MR) is 79.7 cm³/mol. The molecule has 1 saturated heterocycles. The number of nitrogens with one attached hydrogen (secondary N) is 1. The molecular weight excluding hydrogens is 254 g/mol. The van der Waals surface area contributed by atoms with Gasteiger partial charge in [-0.3, -0.25) is 9.69 Å². The van der Waals surface area contributed by atoms with Crippen LogP contribution in [0.4, 0.5) is 0 Å². The Balaban J connectivity index is 1.68. The summed E-state index contributed by atoms with van der Waals surface area (Å²) in [6, 6.07) is 0.729. The zero-order chi connectivity index (χ0) is 14.4. The van der Waals surface area contributed by atoms with Crippen molar-refractivity contribution < 1.29 is 9.53 Å². The van der Waals surface area contributed by atoms with Crippen LogP contribution in [-0.2, 0) is 9.53 Å². The summed E-state index contributed by atoms with van der Waals surface area (Å²) in [7, 11) is 0. The highest BCUT2D eigenvalue weighted by molar-refractivity contribution is 5.75. The van der Waals surface area contributed by atoms with E-state index < -0.39 is 0 Å². The van der Waals surface area contributed by atoms with Crippen molar-refractivity contribution in [1.82, 2.24) is 15.1 Å². The van der Waals surface area contributed by atoms with Gasteiger partial charge in [0.05, 0.1) is 6.61 Å². The number of hydrogen-bond donors (Lipinski definition) is 1. The van der Waals surface area contributed by atoms with Crippen molar-refractivity contribution in [3.63, 3.8) is 0 Å². The van der Waals surface area contributed by atoms with Crippen molar-refractivity contribution in [3.8, 4) is 0 Å². The van der Waals surface area contributed by atoms with Gasteiger partial charge in [-0.05, 0) is 32.7 Å². The third-order valence-corrected chi connectivity index (χ3v) is 4.23. The molecule has 0 bridgehead atoms. The minimum Gasteiger partial charge on any atom is -0.465 e. The van der Waals surface area contributed by atoms with E-state index in [1.165, 1.54) is 25.9 Å². The largest absolute Gasteiger partial charge is 0.465 e. The molecule has 0 spiro atoms. The smallest absolute Gasteiger partial charge is 0.323 e. The Morgan fingerprint density at radius 1 is 1.25 bits per heavy atom. The molecule has 0 amide bonds. The van der Waals surface area contributed by atoms with Crippen molar-refractivity contribution in [2.45, 2.75) is 45.2 Å². The summed E-state index contributed by atoms with van der Waals surface area (Å²) < 4.78 is 5.13. The Bertz CT molecular complexity index is 299. The molecule has 1 aliphatic heterocycles. The molecule has 5 nitrogen and oxygen atoms in total. The third-order valence-electron chi connectivity index (χ3n) is 4.23. The lowest BCUT2D eigenvalue weighted by molar-refractivity contribution is -0.145. The molecule has 1 heterocycles. The van der Waals surface area contributed by atoms with Crippen LogP contribution in [0.1, 0.15) is 33.1 Å². The van der Waals surface area contributed by atoms with Gasteiger partial charge in [0, 0.05) is 38.8 Å². The number of nitrogens with zero attached hydrogens (tertiary/aromatic N) is 2. The van der Waals surface area contributed by atoms with Gasteiger partial charge in [-0.15, -0.1) is 0 Å². The topological polar surface area (TPSA) is 44.8 Å². The van der Waals surface area contributed by atoms with E-state index in [4.69, 9.17) is 4.74 Å². The molecule has 1 saturated carbocycles. The number of hydrogen-bond acceptors (Lipinski definition) is 5. The SMILES string of the molecule is CCNC(CCN1CCN(C2CC2)CC1)C(=O)OCC. The van der Waals surface area contributed by atoms with Gasteiger partial charge < -0.3 is 15.0 Å². The third kappa shape index (κ3) is 4.72. The summed E-state index contributed by atoms with van der Waals surface area (Å²) in [4.78, 5) is 16.9. The van der Waals surface area contributed by atoms with E-state index >= 15 is 0 Å². The molecule has 0 aromatic heterocycles. The second-order valence-electron chi connectivity index (χ2n) is 5.76. The Kier molecular flexibility index (Phi) is 6.26. The summed E-state index contributed by atoms with van der Waals surface area (Å²) in [5.74, 6) is -0.106. The highest BCUT2D eigenvalue weighted by atomic mass is 16.5. The highest BCUT2D eigenvalue weighted by Crippen LogP contribution is 2.27. The fourth-order valence-electron chi connectivity index (χ4n) is 2.90. The lowest BCUT2D eigenvalue weighted by Crippen LogP contribution is -2.49. The predicted octanol–water partition coefficient (Wildman–Crippen LogP) is 0.698. The molecule has 116 valence electrons. The average Bonchev–Trinajstić information content (AvgIpc) is 3.29. The van der Waals surface area contributed by atoms with Crippen molar-refractivity contribution >= 4 is 5.97 Å². The monoisotopic (exact) mass is 283 g/mol. The van der Waals surface area contributed by atoms with Gasteiger partial charge in [0.1, 0.15) is 6.04 Å². The maximum Gasteiger partial charge on any atom is 0.323 e. The first-order valence-electron chi connectivity index (χ1n) is 8.11. The van der Waals surface area contributed by atoms with Gasteiger partial charge >= 0.3 is 5.97 Å². The van der Waals surface area contributed by atoms with Gasteiger partial charge in [-0.2, -0.15) is 0 Å². The molecule has 5 heteroatoms. The second-order valence-corrected chi connectivity index (χ2v) is 5.76. The van der Waals surface area contributed by atoms with Crippen molar-refractivity contribution in [3.05, 3.63) is 0 Å². The van der Waals surface area contributed by atoms with E-state index in [9.17, 15) is 4.79 Å². The van der Waals surface area contributed by atoms with Crippen LogP contribution in [0, 0.1) is 0 Å². The summed E-state index contributed by atoms with van der Waals surface area (Å²) in [6.45, 7) is 10.8. The molecule has 1 atom stereocenters. The van der Waals surface area contributed by atoms with Crippen LogP contribution in [-0.4, -0.2) is 73.7 Å². The quantitative estimate of drug-likeness (QED) is 0.664. The van der Waals surface area contributed by atoms with Crippen molar-refractivity contribution in [1.29, 1.82) is 0 Å². The summed E-state index contributed by atoms with van der Waals surface area (Å²) in [5, 5.41) is 3.23. The Morgan fingerprint density at radius 2 is 1.95 bits per heavy atom. The minimum absolute atomic E-state index is 0.106.